The summed E-state index contributed by atoms with van der Waals surface area (Å²) in [5.41, 5.74) is 0.754. The molecule has 1 aromatic carbocycles. The van der Waals surface area contributed by atoms with Crippen LogP contribution in [0.25, 0.3) is 5.69 Å². The zero-order valence-corrected chi connectivity index (χ0v) is 15.4. The third kappa shape index (κ3) is 3.09. The van der Waals surface area contributed by atoms with Crippen molar-refractivity contribution >= 4 is 17.5 Å². The molecule has 1 atom stereocenters. The van der Waals surface area contributed by atoms with E-state index in [1.165, 1.54) is 0 Å². The summed E-state index contributed by atoms with van der Waals surface area (Å²) in [6.07, 6.45) is 4.41. The zero-order valence-electron chi connectivity index (χ0n) is 14.7. The number of halogens is 1. The Morgan fingerprint density at radius 1 is 1.38 bits per heavy atom. The van der Waals surface area contributed by atoms with Crippen LogP contribution in [0.2, 0.25) is 5.02 Å². The molecule has 2 heterocycles. The van der Waals surface area contributed by atoms with Crippen LogP contribution < -0.4 is 4.74 Å². The number of nitrogens with zero attached hydrogens (tertiary/aromatic N) is 4. The first-order valence-corrected chi connectivity index (χ1v) is 9.18. The summed E-state index contributed by atoms with van der Waals surface area (Å²) >= 11 is 6.21. The highest BCUT2D eigenvalue weighted by molar-refractivity contribution is 6.30. The van der Waals surface area contributed by atoms with Crippen LogP contribution in [0.15, 0.2) is 30.9 Å². The van der Waals surface area contributed by atoms with E-state index in [0.29, 0.717) is 36.2 Å². The molecule has 26 heavy (non-hydrogen) atoms. The van der Waals surface area contributed by atoms with E-state index in [2.05, 4.69) is 6.58 Å². The lowest BCUT2D eigenvalue weighted by Crippen LogP contribution is -2.25. The SMILES string of the molecule is C=CCN1C[C@@H](c2nc(C3CC3)nn2-c2cc(Cl)ccc2OC)CC1=O. The first-order chi connectivity index (χ1) is 12.6. The Morgan fingerprint density at radius 3 is 2.88 bits per heavy atom. The number of methoxy groups -OCH3 is 1. The molecule has 4 rings (SSSR count). The van der Waals surface area contributed by atoms with Crippen LogP contribution in [0.4, 0.5) is 0 Å². The van der Waals surface area contributed by atoms with Crippen molar-refractivity contribution in [2.24, 2.45) is 0 Å². The second kappa shape index (κ2) is 6.76. The molecule has 0 radical (unpaired) electrons. The van der Waals surface area contributed by atoms with E-state index in [-0.39, 0.29) is 11.8 Å². The summed E-state index contributed by atoms with van der Waals surface area (Å²) in [7, 11) is 1.62. The molecule has 0 N–H and O–H groups in total. The summed E-state index contributed by atoms with van der Waals surface area (Å²) in [5, 5.41) is 5.35. The number of hydrogen-bond acceptors (Lipinski definition) is 4. The molecule has 7 heteroatoms. The van der Waals surface area contributed by atoms with Gasteiger partial charge in [0.15, 0.2) is 5.82 Å². The molecule has 136 valence electrons. The van der Waals surface area contributed by atoms with E-state index in [1.807, 2.05) is 21.7 Å². The van der Waals surface area contributed by atoms with Crippen LogP contribution in [-0.2, 0) is 4.79 Å². The Kier molecular flexibility index (Phi) is 4.44. The number of rotatable bonds is 6. The van der Waals surface area contributed by atoms with Gasteiger partial charge in [0.05, 0.1) is 7.11 Å². The number of benzene rings is 1. The van der Waals surface area contributed by atoms with Crippen molar-refractivity contribution in [2.75, 3.05) is 20.2 Å². The maximum absolute atomic E-state index is 12.3. The maximum Gasteiger partial charge on any atom is 0.223 e. The largest absolute Gasteiger partial charge is 0.494 e. The topological polar surface area (TPSA) is 60.3 Å². The van der Waals surface area contributed by atoms with E-state index in [0.717, 1.165) is 30.2 Å². The number of amides is 1. The lowest BCUT2D eigenvalue weighted by molar-refractivity contribution is -0.127. The highest BCUT2D eigenvalue weighted by Gasteiger charge is 2.36. The van der Waals surface area contributed by atoms with E-state index < -0.39 is 0 Å². The molecule has 0 spiro atoms. The molecular formula is C19H21ClN4O2. The number of carbonyl (C=O) groups is 1. The minimum Gasteiger partial charge on any atom is -0.494 e. The van der Waals surface area contributed by atoms with E-state index in [4.69, 9.17) is 26.4 Å². The summed E-state index contributed by atoms with van der Waals surface area (Å²) < 4.78 is 7.31. The Balaban J connectivity index is 1.77. The Bertz CT molecular complexity index is 859. The van der Waals surface area contributed by atoms with Gasteiger partial charge in [0.2, 0.25) is 5.91 Å². The second-order valence-corrected chi connectivity index (χ2v) is 7.26. The number of aromatic nitrogens is 3. The predicted molar refractivity (Wildman–Crippen MR) is 99.0 cm³/mol. The van der Waals surface area contributed by atoms with Gasteiger partial charge in [-0.15, -0.1) is 6.58 Å². The third-order valence-electron chi connectivity index (χ3n) is 4.89. The number of ether oxygens (including phenoxy) is 1. The van der Waals surface area contributed by atoms with E-state index >= 15 is 0 Å². The van der Waals surface area contributed by atoms with Crippen LogP contribution in [-0.4, -0.2) is 45.8 Å². The van der Waals surface area contributed by atoms with Gasteiger partial charge < -0.3 is 9.64 Å². The lowest BCUT2D eigenvalue weighted by Gasteiger charge is -2.15. The van der Waals surface area contributed by atoms with Gasteiger partial charge in [-0.05, 0) is 31.0 Å². The highest BCUT2D eigenvalue weighted by Crippen LogP contribution is 2.40. The fourth-order valence-corrected chi connectivity index (χ4v) is 3.57. The van der Waals surface area contributed by atoms with Gasteiger partial charge in [-0.1, -0.05) is 17.7 Å². The average molecular weight is 373 g/mol. The standard InChI is InChI=1S/C19H21ClN4O2/c1-3-8-23-11-13(9-17(23)25)19-21-18(12-4-5-12)22-24(19)15-10-14(20)6-7-16(15)26-2/h3,6-7,10,12-13H,1,4-5,8-9,11H2,2H3/t13-/m0/s1. The van der Waals surface area contributed by atoms with E-state index in [1.54, 1.807) is 19.3 Å². The number of likely N-dealkylation sites (tertiary alicyclic amines) is 1. The van der Waals surface area contributed by atoms with Crippen LogP contribution >= 0.6 is 11.6 Å². The molecular weight excluding hydrogens is 352 g/mol. The Morgan fingerprint density at radius 2 is 2.19 bits per heavy atom. The molecule has 6 nitrogen and oxygen atoms in total. The molecule has 1 aliphatic heterocycles. The van der Waals surface area contributed by atoms with E-state index in [9.17, 15) is 4.79 Å². The first-order valence-electron chi connectivity index (χ1n) is 8.80. The Hall–Kier alpha value is -2.34. The van der Waals surface area contributed by atoms with Crippen molar-refractivity contribution in [3.05, 3.63) is 47.5 Å². The van der Waals surface area contributed by atoms with Crippen molar-refractivity contribution < 1.29 is 9.53 Å². The van der Waals surface area contributed by atoms with Crippen molar-refractivity contribution in [2.45, 2.75) is 31.1 Å². The average Bonchev–Trinajstić information content (AvgIpc) is 3.28. The molecule has 1 amide bonds. The monoisotopic (exact) mass is 372 g/mol. The van der Waals surface area contributed by atoms with Crippen LogP contribution in [0.1, 0.15) is 42.7 Å². The summed E-state index contributed by atoms with van der Waals surface area (Å²) in [6.45, 7) is 4.91. The summed E-state index contributed by atoms with van der Waals surface area (Å²) in [5.74, 6) is 2.85. The predicted octanol–water partition coefficient (Wildman–Crippen LogP) is 3.31. The quantitative estimate of drug-likeness (QED) is 0.730. The van der Waals surface area contributed by atoms with Crippen LogP contribution in [0, 0.1) is 0 Å². The summed E-state index contributed by atoms with van der Waals surface area (Å²) in [4.78, 5) is 18.9. The number of carbonyl (C=O) groups excluding carboxylic acids is 1. The second-order valence-electron chi connectivity index (χ2n) is 6.82. The van der Waals surface area contributed by atoms with Gasteiger partial charge >= 0.3 is 0 Å². The minimum atomic E-state index is -0.00821. The molecule has 2 fully saturated rings. The van der Waals surface area contributed by atoms with Gasteiger partial charge in [-0.2, -0.15) is 5.10 Å². The minimum absolute atomic E-state index is 0.00821. The molecule has 1 aliphatic carbocycles. The zero-order chi connectivity index (χ0) is 18.3. The first kappa shape index (κ1) is 17.1. The normalized spacial score (nSPS) is 19.8. The van der Waals surface area contributed by atoms with Crippen LogP contribution in [0.5, 0.6) is 5.75 Å². The fourth-order valence-electron chi connectivity index (χ4n) is 3.40. The summed E-state index contributed by atoms with van der Waals surface area (Å²) in [6, 6.07) is 5.43. The van der Waals surface area contributed by atoms with Crippen LogP contribution in [0.3, 0.4) is 0 Å². The molecule has 1 saturated heterocycles. The molecule has 2 aromatic rings. The highest BCUT2D eigenvalue weighted by atomic mass is 35.5. The van der Waals surface area contributed by atoms with Crippen molar-refractivity contribution in [1.82, 2.24) is 19.7 Å². The molecule has 1 aromatic heterocycles. The molecule has 2 aliphatic rings. The van der Waals surface area contributed by atoms with Gasteiger partial charge in [0, 0.05) is 36.4 Å². The Labute approximate surface area is 157 Å². The van der Waals surface area contributed by atoms with Crippen molar-refractivity contribution in [1.29, 1.82) is 0 Å². The van der Waals surface area contributed by atoms with Crippen molar-refractivity contribution in [3.63, 3.8) is 0 Å². The molecule has 0 bridgehead atoms. The van der Waals surface area contributed by atoms with Crippen molar-refractivity contribution in [3.8, 4) is 11.4 Å². The maximum atomic E-state index is 12.3. The third-order valence-corrected chi connectivity index (χ3v) is 5.12. The van der Waals surface area contributed by atoms with Gasteiger partial charge in [0.25, 0.3) is 0 Å². The van der Waals surface area contributed by atoms with Gasteiger partial charge in [-0.3, -0.25) is 4.79 Å². The fraction of sp³-hybridized carbons (Fsp3) is 0.421. The molecule has 1 saturated carbocycles. The molecule has 0 unspecified atom stereocenters. The lowest BCUT2D eigenvalue weighted by atomic mass is 10.1. The number of hydrogen-bond donors (Lipinski definition) is 0. The smallest absolute Gasteiger partial charge is 0.223 e. The van der Waals surface area contributed by atoms with Gasteiger partial charge in [0.1, 0.15) is 17.3 Å². The van der Waals surface area contributed by atoms with Gasteiger partial charge in [-0.25, -0.2) is 9.67 Å².